The first-order valence-corrected chi connectivity index (χ1v) is 8.04. The fraction of sp³-hybridized carbons (Fsp3) is 0.556. The SMILES string of the molecule is Cc1cc(C)cc(C(=O)N2CCC3(CCN(C)C3=O)CC2)c1. The van der Waals surface area contributed by atoms with Crippen molar-refractivity contribution < 1.29 is 9.59 Å². The summed E-state index contributed by atoms with van der Waals surface area (Å²) in [6.45, 7) is 6.25. The number of piperidine rings is 1. The Bertz CT molecular complexity index is 595. The Morgan fingerprint density at radius 1 is 1.00 bits per heavy atom. The van der Waals surface area contributed by atoms with Gasteiger partial charge in [0.15, 0.2) is 0 Å². The molecule has 118 valence electrons. The molecule has 0 bridgehead atoms. The van der Waals surface area contributed by atoms with Crippen LogP contribution in [0.2, 0.25) is 0 Å². The minimum Gasteiger partial charge on any atom is -0.345 e. The molecule has 2 heterocycles. The molecule has 0 aromatic heterocycles. The lowest BCUT2D eigenvalue weighted by Gasteiger charge is -2.37. The zero-order chi connectivity index (χ0) is 15.9. The quantitative estimate of drug-likeness (QED) is 0.799. The van der Waals surface area contributed by atoms with Gasteiger partial charge >= 0.3 is 0 Å². The number of carbonyl (C=O) groups is 2. The third kappa shape index (κ3) is 2.51. The first-order chi connectivity index (χ1) is 10.4. The average Bonchev–Trinajstić information content (AvgIpc) is 2.75. The van der Waals surface area contributed by atoms with Crippen molar-refractivity contribution in [2.24, 2.45) is 5.41 Å². The van der Waals surface area contributed by atoms with E-state index in [1.165, 1.54) is 0 Å². The second-order valence-corrected chi connectivity index (χ2v) is 6.93. The monoisotopic (exact) mass is 300 g/mol. The maximum absolute atomic E-state index is 12.7. The topological polar surface area (TPSA) is 40.6 Å². The predicted molar refractivity (Wildman–Crippen MR) is 85.7 cm³/mol. The van der Waals surface area contributed by atoms with Crippen LogP contribution < -0.4 is 0 Å². The van der Waals surface area contributed by atoms with Crippen molar-refractivity contribution in [2.75, 3.05) is 26.7 Å². The largest absolute Gasteiger partial charge is 0.345 e. The zero-order valence-corrected chi connectivity index (χ0v) is 13.7. The molecule has 0 saturated carbocycles. The molecule has 0 radical (unpaired) electrons. The van der Waals surface area contributed by atoms with Crippen LogP contribution in [-0.4, -0.2) is 48.3 Å². The molecule has 4 heteroatoms. The number of nitrogens with zero attached hydrogens (tertiary/aromatic N) is 2. The van der Waals surface area contributed by atoms with Crippen molar-refractivity contribution in [3.8, 4) is 0 Å². The highest BCUT2D eigenvalue weighted by atomic mass is 16.2. The molecule has 2 amide bonds. The Morgan fingerprint density at radius 3 is 2.05 bits per heavy atom. The molecule has 2 aliphatic rings. The Morgan fingerprint density at radius 2 is 1.55 bits per heavy atom. The fourth-order valence-electron chi connectivity index (χ4n) is 3.88. The highest BCUT2D eigenvalue weighted by Gasteiger charge is 2.47. The maximum atomic E-state index is 12.7. The number of amides is 2. The highest BCUT2D eigenvalue weighted by Crippen LogP contribution is 2.41. The Labute approximate surface area is 132 Å². The van der Waals surface area contributed by atoms with Crippen molar-refractivity contribution in [2.45, 2.75) is 33.1 Å². The van der Waals surface area contributed by atoms with Gasteiger partial charge in [0.25, 0.3) is 5.91 Å². The summed E-state index contributed by atoms with van der Waals surface area (Å²) >= 11 is 0. The molecule has 0 N–H and O–H groups in total. The minimum absolute atomic E-state index is 0.0976. The second-order valence-electron chi connectivity index (χ2n) is 6.93. The van der Waals surface area contributed by atoms with Crippen LogP contribution in [0.4, 0.5) is 0 Å². The van der Waals surface area contributed by atoms with Crippen LogP contribution in [0.3, 0.4) is 0 Å². The van der Waals surface area contributed by atoms with Gasteiger partial charge in [0.2, 0.25) is 5.91 Å². The molecule has 1 aromatic rings. The van der Waals surface area contributed by atoms with E-state index in [1.54, 1.807) is 0 Å². The van der Waals surface area contributed by atoms with Crippen molar-refractivity contribution in [1.82, 2.24) is 9.80 Å². The van der Waals surface area contributed by atoms with E-state index in [0.29, 0.717) is 13.1 Å². The zero-order valence-electron chi connectivity index (χ0n) is 13.7. The molecule has 0 atom stereocenters. The number of benzene rings is 1. The number of aryl methyl sites for hydroxylation is 2. The minimum atomic E-state index is -0.200. The highest BCUT2D eigenvalue weighted by molar-refractivity contribution is 5.95. The number of likely N-dealkylation sites (tertiary alicyclic amines) is 2. The van der Waals surface area contributed by atoms with Gasteiger partial charge in [-0.2, -0.15) is 0 Å². The van der Waals surface area contributed by atoms with Crippen LogP contribution in [-0.2, 0) is 4.79 Å². The van der Waals surface area contributed by atoms with Crippen molar-refractivity contribution in [3.05, 3.63) is 34.9 Å². The number of rotatable bonds is 1. The molecular weight excluding hydrogens is 276 g/mol. The van der Waals surface area contributed by atoms with Gasteiger partial charge in [0, 0.05) is 32.2 Å². The second kappa shape index (κ2) is 5.41. The van der Waals surface area contributed by atoms with Crippen LogP contribution in [0, 0.1) is 19.3 Å². The van der Waals surface area contributed by atoms with E-state index < -0.39 is 0 Å². The molecule has 4 nitrogen and oxygen atoms in total. The van der Waals surface area contributed by atoms with Gasteiger partial charge in [-0.15, -0.1) is 0 Å². The number of carbonyl (C=O) groups excluding carboxylic acids is 2. The fourth-order valence-corrected chi connectivity index (χ4v) is 3.88. The normalized spacial score (nSPS) is 20.8. The van der Waals surface area contributed by atoms with Crippen LogP contribution in [0.5, 0.6) is 0 Å². The first-order valence-electron chi connectivity index (χ1n) is 8.04. The van der Waals surface area contributed by atoms with Gasteiger partial charge in [0.1, 0.15) is 0 Å². The molecule has 2 saturated heterocycles. The van der Waals surface area contributed by atoms with Crippen LogP contribution in [0.25, 0.3) is 0 Å². The van der Waals surface area contributed by atoms with Gasteiger partial charge in [-0.05, 0) is 45.2 Å². The predicted octanol–water partition coefficient (Wildman–Crippen LogP) is 2.39. The molecule has 0 aliphatic carbocycles. The lowest BCUT2D eigenvalue weighted by molar-refractivity contribution is -0.137. The number of hydrogen-bond donors (Lipinski definition) is 0. The van der Waals surface area contributed by atoms with E-state index in [0.717, 1.165) is 42.5 Å². The lowest BCUT2D eigenvalue weighted by atomic mass is 9.77. The molecule has 2 fully saturated rings. The number of hydrogen-bond acceptors (Lipinski definition) is 2. The first kappa shape index (κ1) is 15.1. The van der Waals surface area contributed by atoms with Gasteiger partial charge < -0.3 is 9.80 Å². The third-order valence-electron chi connectivity index (χ3n) is 5.20. The summed E-state index contributed by atoms with van der Waals surface area (Å²) in [5.74, 6) is 0.367. The van der Waals surface area contributed by atoms with Gasteiger partial charge in [0.05, 0.1) is 5.41 Å². The standard InChI is InChI=1S/C18H24N2O2/c1-13-10-14(2)12-15(11-13)16(21)20-8-5-18(6-9-20)4-7-19(3)17(18)22/h10-12H,4-9H2,1-3H3. The lowest BCUT2D eigenvalue weighted by Crippen LogP contribution is -2.46. The third-order valence-corrected chi connectivity index (χ3v) is 5.20. The smallest absolute Gasteiger partial charge is 0.253 e. The molecule has 1 aromatic carbocycles. The van der Waals surface area contributed by atoms with Crippen molar-refractivity contribution in [3.63, 3.8) is 0 Å². The molecular formula is C18H24N2O2. The summed E-state index contributed by atoms with van der Waals surface area (Å²) in [6, 6.07) is 5.98. The van der Waals surface area contributed by atoms with E-state index in [-0.39, 0.29) is 17.2 Å². The van der Waals surface area contributed by atoms with Crippen molar-refractivity contribution in [1.29, 1.82) is 0 Å². The van der Waals surface area contributed by atoms with E-state index >= 15 is 0 Å². The van der Waals surface area contributed by atoms with Gasteiger partial charge in [-0.25, -0.2) is 0 Å². The summed E-state index contributed by atoms with van der Waals surface area (Å²) < 4.78 is 0. The molecule has 0 unspecified atom stereocenters. The van der Waals surface area contributed by atoms with E-state index in [9.17, 15) is 9.59 Å². The maximum Gasteiger partial charge on any atom is 0.253 e. The van der Waals surface area contributed by atoms with Crippen LogP contribution in [0.15, 0.2) is 18.2 Å². The average molecular weight is 300 g/mol. The van der Waals surface area contributed by atoms with E-state index in [1.807, 2.05) is 42.8 Å². The van der Waals surface area contributed by atoms with E-state index in [4.69, 9.17) is 0 Å². The molecule has 1 spiro atoms. The Balaban J connectivity index is 1.71. The van der Waals surface area contributed by atoms with Crippen molar-refractivity contribution >= 4 is 11.8 Å². The Hall–Kier alpha value is -1.84. The van der Waals surface area contributed by atoms with Crippen LogP contribution >= 0.6 is 0 Å². The van der Waals surface area contributed by atoms with E-state index in [2.05, 4.69) is 6.07 Å². The molecule has 3 rings (SSSR count). The van der Waals surface area contributed by atoms with Crippen LogP contribution in [0.1, 0.15) is 40.7 Å². The van der Waals surface area contributed by atoms with Gasteiger partial charge in [-0.1, -0.05) is 17.2 Å². The Kier molecular flexibility index (Phi) is 3.71. The summed E-state index contributed by atoms with van der Waals surface area (Å²) in [6.07, 6.45) is 2.54. The molecule has 2 aliphatic heterocycles. The summed E-state index contributed by atoms with van der Waals surface area (Å²) in [5, 5.41) is 0. The summed E-state index contributed by atoms with van der Waals surface area (Å²) in [5.41, 5.74) is 2.80. The summed E-state index contributed by atoms with van der Waals surface area (Å²) in [4.78, 5) is 28.8. The molecule has 22 heavy (non-hydrogen) atoms. The van der Waals surface area contributed by atoms with Gasteiger partial charge in [-0.3, -0.25) is 9.59 Å². The summed E-state index contributed by atoms with van der Waals surface area (Å²) in [7, 11) is 1.88.